The number of halogens is 1. The molecule has 2 rings (SSSR count). The second-order valence-electron chi connectivity index (χ2n) is 3.47. The Balaban J connectivity index is 2.02. The first-order chi connectivity index (χ1) is 7.27. The number of thioether (sulfide) groups is 1. The average Bonchev–Trinajstić information content (AvgIpc) is 2.74. The molecule has 2 nitrogen and oxygen atoms in total. The maximum Gasteiger partial charge on any atom is 0.237 e. The highest BCUT2D eigenvalue weighted by molar-refractivity contribution is 9.10. The van der Waals surface area contributed by atoms with Crippen LogP contribution in [0, 0.1) is 0 Å². The molecule has 0 bridgehead atoms. The molecule has 1 fully saturated rings. The maximum absolute atomic E-state index is 11.8. The highest BCUT2D eigenvalue weighted by Crippen LogP contribution is 2.28. The number of carbonyl (C=O) groups excluding carboxylic acids is 1. The van der Waals surface area contributed by atoms with E-state index in [1.165, 1.54) is 0 Å². The summed E-state index contributed by atoms with van der Waals surface area (Å²) in [7, 11) is 0. The minimum Gasteiger partial charge on any atom is -0.324 e. The summed E-state index contributed by atoms with van der Waals surface area (Å²) in [5.41, 5.74) is 0.856. The van der Waals surface area contributed by atoms with Crippen LogP contribution in [-0.4, -0.2) is 16.9 Å². The van der Waals surface area contributed by atoms with Crippen LogP contribution < -0.4 is 5.32 Å². The zero-order valence-corrected chi connectivity index (χ0v) is 10.6. The third-order valence-corrected chi connectivity index (χ3v) is 4.42. The average molecular weight is 286 g/mol. The van der Waals surface area contributed by atoms with Crippen molar-refractivity contribution in [3.63, 3.8) is 0 Å². The first kappa shape index (κ1) is 11.0. The van der Waals surface area contributed by atoms with Gasteiger partial charge in [-0.2, -0.15) is 0 Å². The summed E-state index contributed by atoms with van der Waals surface area (Å²) in [4.78, 5) is 11.8. The Morgan fingerprint density at radius 1 is 1.47 bits per heavy atom. The van der Waals surface area contributed by atoms with Gasteiger partial charge in [-0.25, -0.2) is 0 Å². The fourth-order valence-corrected chi connectivity index (χ4v) is 3.11. The van der Waals surface area contributed by atoms with Gasteiger partial charge >= 0.3 is 0 Å². The Labute approximate surface area is 102 Å². The smallest absolute Gasteiger partial charge is 0.237 e. The molecule has 1 aromatic carbocycles. The normalized spacial score (nSPS) is 20.2. The molecule has 15 heavy (non-hydrogen) atoms. The first-order valence-electron chi connectivity index (χ1n) is 4.94. The summed E-state index contributed by atoms with van der Waals surface area (Å²) in [6, 6.07) is 7.69. The quantitative estimate of drug-likeness (QED) is 0.904. The third kappa shape index (κ3) is 2.75. The van der Waals surface area contributed by atoms with Crippen molar-refractivity contribution >= 4 is 39.3 Å². The van der Waals surface area contributed by atoms with Crippen LogP contribution in [-0.2, 0) is 4.79 Å². The van der Waals surface area contributed by atoms with Crippen LogP contribution in [0.15, 0.2) is 28.7 Å². The molecule has 1 aromatic rings. The molecule has 0 radical (unpaired) electrons. The Kier molecular flexibility index (Phi) is 3.70. The van der Waals surface area contributed by atoms with Gasteiger partial charge in [0.2, 0.25) is 5.91 Å². The molecule has 1 amide bonds. The second-order valence-corrected chi connectivity index (χ2v) is 5.64. The Morgan fingerprint density at radius 2 is 2.27 bits per heavy atom. The third-order valence-electron chi connectivity index (χ3n) is 2.35. The number of benzene rings is 1. The number of hydrogen-bond acceptors (Lipinski definition) is 2. The lowest BCUT2D eigenvalue weighted by atomic mass is 10.2. The van der Waals surface area contributed by atoms with Gasteiger partial charge in [0, 0.05) is 4.47 Å². The van der Waals surface area contributed by atoms with Gasteiger partial charge in [0.15, 0.2) is 0 Å². The van der Waals surface area contributed by atoms with Crippen LogP contribution in [0.4, 0.5) is 5.69 Å². The van der Waals surface area contributed by atoms with Crippen LogP contribution in [0.2, 0.25) is 0 Å². The number of nitrogens with one attached hydrogen (secondary N) is 1. The molecule has 1 aliphatic heterocycles. The fraction of sp³-hybridized carbons (Fsp3) is 0.364. The molecule has 1 saturated heterocycles. The molecule has 1 heterocycles. The molecule has 1 N–H and O–H groups in total. The standard InChI is InChI=1S/C11H12BrNOS/c12-8-4-1-2-5-9(8)13-11(14)10-6-3-7-15-10/h1-2,4-5,10H,3,6-7H2,(H,13,14). The van der Waals surface area contributed by atoms with Crippen molar-refractivity contribution in [2.24, 2.45) is 0 Å². The highest BCUT2D eigenvalue weighted by Gasteiger charge is 2.23. The molecule has 1 aliphatic rings. The van der Waals surface area contributed by atoms with Gasteiger partial charge in [0.05, 0.1) is 10.9 Å². The Morgan fingerprint density at radius 3 is 2.93 bits per heavy atom. The van der Waals surface area contributed by atoms with Crippen molar-refractivity contribution < 1.29 is 4.79 Å². The first-order valence-corrected chi connectivity index (χ1v) is 6.78. The van der Waals surface area contributed by atoms with Crippen molar-refractivity contribution in [3.8, 4) is 0 Å². The van der Waals surface area contributed by atoms with Gasteiger partial charge in [0.1, 0.15) is 0 Å². The predicted molar refractivity (Wildman–Crippen MR) is 68.3 cm³/mol. The van der Waals surface area contributed by atoms with E-state index in [9.17, 15) is 4.79 Å². The summed E-state index contributed by atoms with van der Waals surface area (Å²) in [5.74, 6) is 1.23. The van der Waals surface area contributed by atoms with E-state index in [-0.39, 0.29) is 11.2 Å². The topological polar surface area (TPSA) is 29.1 Å². The van der Waals surface area contributed by atoms with Crippen LogP contribution in [0.3, 0.4) is 0 Å². The number of hydrogen-bond donors (Lipinski definition) is 1. The molecule has 4 heteroatoms. The van der Waals surface area contributed by atoms with Gasteiger partial charge in [-0.05, 0) is 46.7 Å². The van der Waals surface area contributed by atoms with E-state index in [4.69, 9.17) is 0 Å². The molecular weight excluding hydrogens is 274 g/mol. The van der Waals surface area contributed by atoms with Gasteiger partial charge in [-0.15, -0.1) is 11.8 Å². The molecular formula is C11H12BrNOS. The summed E-state index contributed by atoms with van der Waals surface area (Å²) < 4.78 is 0.932. The van der Waals surface area contributed by atoms with Crippen molar-refractivity contribution in [3.05, 3.63) is 28.7 Å². The predicted octanol–water partition coefficient (Wildman–Crippen LogP) is 3.28. The lowest BCUT2D eigenvalue weighted by Gasteiger charge is -2.10. The van der Waals surface area contributed by atoms with Crippen molar-refractivity contribution in [2.45, 2.75) is 18.1 Å². The lowest BCUT2D eigenvalue weighted by Crippen LogP contribution is -2.22. The molecule has 0 aromatic heterocycles. The molecule has 1 unspecified atom stereocenters. The fourth-order valence-electron chi connectivity index (χ4n) is 1.56. The molecule has 0 spiro atoms. The maximum atomic E-state index is 11.8. The van der Waals surface area contributed by atoms with E-state index in [1.807, 2.05) is 24.3 Å². The summed E-state index contributed by atoms with van der Waals surface area (Å²) >= 11 is 5.16. The van der Waals surface area contributed by atoms with Crippen LogP contribution >= 0.6 is 27.7 Å². The minimum absolute atomic E-state index is 0.129. The lowest BCUT2D eigenvalue weighted by molar-refractivity contribution is -0.115. The van der Waals surface area contributed by atoms with Crippen molar-refractivity contribution in [1.29, 1.82) is 0 Å². The van der Waals surface area contributed by atoms with Gasteiger partial charge < -0.3 is 5.32 Å². The SMILES string of the molecule is O=C(Nc1ccccc1Br)C1CCCS1. The summed E-state index contributed by atoms with van der Waals surface area (Å²) in [6.07, 6.45) is 2.15. The molecule has 0 aliphatic carbocycles. The number of amides is 1. The zero-order chi connectivity index (χ0) is 10.7. The minimum atomic E-state index is 0.129. The highest BCUT2D eigenvalue weighted by atomic mass is 79.9. The zero-order valence-electron chi connectivity index (χ0n) is 8.20. The molecule has 80 valence electrons. The van der Waals surface area contributed by atoms with E-state index in [0.29, 0.717) is 0 Å². The number of rotatable bonds is 2. The van der Waals surface area contributed by atoms with E-state index >= 15 is 0 Å². The monoisotopic (exact) mass is 285 g/mol. The largest absolute Gasteiger partial charge is 0.324 e. The van der Waals surface area contributed by atoms with Crippen LogP contribution in [0.25, 0.3) is 0 Å². The van der Waals surface area contributed by atoms with Gasteiger partial charge in [-0.1, -0.05) is 12.1 Å². The Bertz CT molecular complexity index is 363. The number of carbonyl (C=O) groups is 1. The van der Waals surface area contributed by atoms with Crippen LogP contribution in [0.5, 0.6) is 0 Å². The summed E-state index contributed by atoms with van der Waals surface area (Å²) in [6.45, 7) is 0. The molecule has 0 saturated carbocycles. The van der Waals surface area contributed by atoms with Gasteiger partial charge in [-0.3, -0.25) is 4.79 Å². The van der Waals surface area contributed by atoms with Crippen molar-refractivity contribution in [1.82, 2.24) is 0 Å². The molecule has 1 atom stereocenters. The second kappa shape index (κ2) is 5.03. The van der Waals surface area contributed by atoms with Crippen molar-refractivity contribution in [2.75, 3.05) is 11.1 Å². The number of anilines is 1. The Hall–Kier alpha value is -0.480. The van der Waals surface area contributed by atoms with Crippen LogP contribution in [0.1, 0.15) is 12.8 Å². The van der Waals surface area contributed by atoms with E-state index < -0.39 is 0 Å². The number of para-hydroxylation sites is 1. The van der Waals surface area contributed by atoms with E-state index in [2.05, 4.69) is 21.2 Å². The van der Waals surface area contributed by atoms with E-state index in [0.717, 1.165) is 28.8 Å². The van der Waals surface area contributed by atoms with Gasteiger partial charge in [0.25, 0.3) is 0 Å². The summed E-state index contributed by atoms with van der Waals surface area (Å²) in [5, 5.41) is 3.08. The van der Waals surface area contributed by atoms with E-state index in [1.54, 1.807) is 11.8 Å².